The third kappa shape index (κ3) is 2.71. The molecular weight excluding hydrogens is 270 g/mol. The second-order valence-electron chi connectivity index (χ2n) is 4.20. The molecule has 16 heavy (non-hydrogen) atoms. The van der Waals surface area contributed by atoms with Gasteiger partial charge in [-0.2, -0.15) is 0 Å². The Labute approximate surface area is 104 Å². The molecule has 2 N–H and O–H groups in total. The van der Waals surface area contributed by atoms with Gasteiger partial charge in [0.25, 0.3) is 0 Å². The van der Waals surface area contributed by atoms with E-state index < -0.39 is 0 Å². The summed E-state index contributed by atoms with van der Waals surface area (Å²) in [7, 11) is 0. The topological polar surface area (TPSA) is 58.0 Å². The van der Waals surface area contributed by atoms with Gasteiger partial charge in [0, 0.05) is 24.8 Å². The van der Waals surface area contributed by atoms with Crippen LogP contribution in [-0.4, -0.2) is 27.7 Å². The Morgan fingerprint density at radius 2 is 2.25 bits per heavy atom. The maximum Gasteiger partial charge on any atom is 0.143 e. The zero-order valence-electron chi connectivity index (χ0n) is 9.06. The molecule has 1 heterocycles. The number of rotatable bonds is 3. The Morgan fingerprint density at radius 3 is 3.00 bits per heavy atom. The molecule has 1 aromatic rings. The molecule has 2 rings (SSSR count). The molecule has 2 atom stereocenters. The van der Waals surface area contributed by atoms with Gasteiger partial charge in [-0.05, 0) is 28.8 Å². The van der Waals surface area contributed by atoms with Gasteiger partial charge in [-0.1, -0.05) is 12.8 Å². The highest BCUT2D eigenvalue weighted by Gasteiger charge is 2.24. The number of aliphatic hydroxyl groups is 1. The van der Waals surface area contributed by atoms with Gasteiger partial charge in [0.1, 0.15) is 12.1 Å². The van der Waals surface area contributed by atoms with Crippen LogP contribution >= 0.6 is 15.9 Å². The van der Waals surface area contributed by atoms with Gasteiger partial charge in [0.15, 0.2) is 0 Å². The zero-order valence-corrected chi connectivity index (χ0v) is 10.7. The number of halogens is 1. The van der Waals surface area contributed by atoms with Crippen molar-refractivity contribution in [2.75, 3.05) is 11.9 Å². The van der Waals surface area contributed by atoms with Gasteiger partial charge in [0.05, 0.1) is 4.47 Å². The molecule has 1 fully saturated rings. The van der Waals surface area contributed by atoms with Crippen molar-refractivity contribution in [3.05, 3.63) is 17.0 Å². The molecule has 0 aromatic carbocycles. The first-order valence-corrected chi connectivity index (χ1v) is 6.43. The molecule has 1 saturated carbocycles. The fraction of sp³-hybridized carbons (Fsp3) is 0.636. The second kappa shape index (κ2) is 5.59. The summed E-state index contributed by atoms with van der Waals surface area (Å²) in [6.45, 7) is 0.250. The summed E-state index contributed by atoms with van der Waals surface area (Å²) < 4.78 is 0.872. The Kier molecular flexibility index (Phi) is 4.12. The predicted octanol–water partition coefficient (Wildman–Crippen LogP) is 2.20. The summed E-state index contributed by atoms with van der Waals surface area (Å²) in [5.74, 6) is 1.16. The first-order chi connectivity index (χ1) is 7.81. The van der Waals surface area contributed by atoms with Gasteiger partial charge in [-0.15, -0.1) is 0 Å². The van der Waals surface area contributed by atoms with Crippen molar-refractivity contribution in [2.45, 2.75) is 31.7 Å². The molecule has 2 unspecified atom stereocenters. The van der Waals surface area contributed by atoms with E-state index in [0.717, 1.165) is 23.1 Å². The van der Waals surface area contributed by atoms with E-state index in [1.165, 1.54) is 19.2 Å². The predicted molar refractivity (Wildman–Crippen MR) is 66.2 cm³/mol. The zero-order chi connectivity index (χ0) is 11.4. The van der Waals surface area contributed by atoms with Crippen LogP contribution in [0.4, 0.5) is 5.82 Å². The lowest BCUT2D eigenvalue weighted by Crippen LogP contribution is -2.34. The third-order valence-corrected chi connectivity index (χ3v) is 3.71. The summed E-state index contributed by atoms with van der Waals surface area (Å²) in [4.78, 5) is 8.12. The average molecular weight is 286 g/mol. The normalized spacial score (nSPS) is 25.4. The van der Waals surface area contributed by atoms with Crippen molar-refractivity contribution in [3.8, 4) is 0 Å². The molecule has 1 aliphatic rings. The maximum atomic E-state index is 9.32. The first kappa shape index (κ1) is 11.8. The van der Waals surface area contributed by atoms with E-state index in [0.29, 0.717) is 12.0 Å². The van der Waals surface area contributed by atoms with Crippen molar-refractivity contribution >= 4 is 21.7 Å². The van der Waals surface area contributed by atoms with Crippen molar-refractivity contribution in [2.24, 2.45) is 5.92 Å². The minimum Gasteiger partial charge on any atom is -0.396 e. The first-order valence-electron chi connectivity index (χ1n) is 5.64. The molecule has 5 heteroatoms. The van der Waals surface area contributed by atoms with Crippen molar-refractivity contribution in [1.82, 2.24) is 9.97 Å². The number of anilines is 1. The lowest BCUT2D eigenvalue weighted by atomic mass is 9.85. The fourth-order valence-electron chi connectivity index (χ4n) is 2.21. The standard InChI is InChI=1S/C11H16BrN3O/c12-9-5-13-7-14-11(9)15-10-4-2-1-3-8(10)6-16/h5,7-8,10,16H,1-4,6H2,(H,13,14,15). The van der Waals surface area contributed by atoms with E-state index in [2.05, 4.69) is 31.2 Å². The van der Waals surface area contributed by atoms with Crippen LogP contribution in [0.15, 0.2) is 17.0 Å². The molecule has 0 spiro atoms. The number of hydrogen-bond acceptors (Lipinski definition) is 4. The van der Waals surface area contributed by atoms with Gasteiger partial charge in [-0.3, -0.25) is 0 Å². The SMILES string of the molecule is OCC1CCCCC1Nc1ncncc1Br. The fourth-order valence-corrected chi connectivity index (χ4v) is 2.55. The van der Waals surface area contributed by atoms with E-state index in [4.69, 9.17) is 0 Å². The summed E-state index contributed by atoms with van der Waals surface area (Å²) in [5, 5.41) is 12.7. The Balaban J connectivity index is 2.05. The van der Waals surface area contributed by atoms with Crippen LogP contribution in [0.25, 0.3) is 0 Å². The Bertz CT molecular complexity index is 348. The van der Waals surface area contributed by atoms with Gasteiger partial charge in [-0.25, -0.2) is 9.97 Å². The van der Waals surface area contributed by atoms with Crippen LogP contribution in [0.2, 0.25) is 0 Å². The molecule has 0 bridgehead atoms. The number of nitrogens with one attached hydrogen (secondary N) is 1. The minimum atomic E-state index is 0.250. The quantitative estimate of drug-likeness (QED) is 0.894. The largest absolute Gasteiger partial charge is 0.396 e. The highest BCUT2D eigenvalue weighted by Crippen LogP contribution is 2.28. The minimum absolute atomic E-state index is 0.250. The second-order valence-corrected chi connectivity index (χ2v) is 5.05. The van der Waals surface area contributed by atoms with Gasteiger partial charge < -0.3 is 10.4 Å². The number of aliphatic hydroxyl groups excluding tert-OH is 1. The molecule has 1 aromatic heterocycles. The lowest BCUT2D eigenvalue weighted by molar-refractivity contribution is 0.178. The molecule has 0 saturated heterocycles. The van der Waals surface area contributed by atoms with Crippen LogP contribution in [0, 0.1) is 5.92 Å². The highest BCUT2D eigenvalue weighted by molar-refractivity contribution is 9.10. The van der Waals surface area contributed by atoms with E-state index in [1.807, 2.05) is 0 Å². The van der Waals surface area contributed by atoms with Crippen molar-refractivity contribution in [3.63, 3.8) is 0 Å². The summed E-state index contributed by atoms with van der Waals surface area (Å²) in [6, 6.07) is 0.324. The van der Waals surface area contributed by atoms with Crippen LogP contribution in [0.1, 0.15) is 25.7 Å². The summed E-state index contributed by atoms with van der Waals surface area (Å²) in [6.07, 6.45) is 7.89. The Morgan fingerprint density at radius 1 is 1.44 bits per heavy atom. The van der Waals surface area contributed by atoms with Gasteiger partial charge >= 0.3 is 0 Å². The van der Waals surface area contributed by atoms with Crippen LogP contribution in [0.5, 0.6) is 0 Å². The van der Waals surface area contributed by atoms with E-state index in [9.17, 15) is 5.11 Å². The van der Waals surface area contributed by atoms with Crippen LogP contribution in [-0.2, 0) is 0 Å². The molecule has 0 amide bonds. The number of hydrogen-bond donors (Lipinski definition) is 2. The van der Waals surface area contributed by atoms with Crippen molar-refractivity contribution in [1.29, 1.82) is 0 Å². The van der Waals surface area contributed by atoms with Crippen LogP contribution < -0.4 is 5.32 Å². The van der Waals surface area contributed by atoms with E-state index >= 15 is 0 Å². The summed E-state index contributed by atoms with van der Waals surface area (Å²) >= 11 is 3.41. The molecule has 4 nitrogen and oxygen atoms in total. The van der Waals surface area contributed by atoms with E-state index in [-0.39, 0.29) is 6.61 Å². The third-order valence-electron chi connectivity index (χ3n) is 3.13. The van der Waals surface area contributed by atoms with E-state index in [1.54, 1.807) is 6.20 Å². The van der Waals surface area contributed by atoms with Crippen molar-refractivity contribution < 1.29 is 5.11 Å². The summed E-state index contributed by atoms with van der Waals surface area (Å²) in [5.41, 5.74) is 0. The van der Waals surface area contributed by atoms with Crippen LogP contribution in [0.3, 0.4) is 0 Å². The number of nitrogens with zero attached hydrogens (tertiary/aromatic N) is 2. The molecule has 0 aliphatic heterocycles. The highest BCUT2D eigenvalue weighted by atomic mass is 79.9. The average Bonchev–Trinajstić information content (AvgIpc) is 2.33. The molecule has 88 valence electrons. The monoisotopic (exact) mass is 285 g/mol. The Hall–Kier alpha value is -0.680. The smallest absolute Gasteiger partial charge is 0.143 e. The maximum absolute atomic E-state index is 9.32. The molecular formula is C11H16BrN3O. The molecule has 1 aliphatic carbocycles. The lowest BCUT2D eigenvalue weighted by Gasteiger charge is -2.31. The molecule has 0 radical (unpaired) electrons. The van der Waals surface area contributed by atoms with Gasteiger partial charge in [0.2, 0.25) is 0 Å². The number of aromatic nitrogens is 2.